The summed E-state index contributed by atoms with van der Waals surface area (Å²) in [5, 5.41) is 0. The summed E-state index contributed by atoms with van der Waals surface area (Å²) in [6, 6.07) is 0. The van der Waals surface area contributed by atoms with Gasteiger partial charge in [-0.15, -0.1) is 6.58 Å². The maximum Gasteiger partial charge on any atom is 1.00 e. The molecule has 0 rings (SSSR count). The number of rotatable bonds is 2. The Bertz CT molecular complexity index is 48.1. The Morgan fingerprint density at radius 3 is 2.14 bits per heavy atom. The molecule has 7 heavy (non-hydrogen) atoms. The molecule has 0 aliphatic rings. The van der Waals surface area contributed by atoms with Crippen LogP contribution < -0.4 is 18.9 Å². The number of hydrogen-bond acceptors (Lipinski definition) is 0. The fourth-order valence-electron chi connectivity index (χ4n) is 0.302. The molecule has 0 saturated heterocycles. The number of allylic oxidation sites excluding steroid dienone is 1. The molecule has 0 spiro atoms. The summed E-state index contributed by atoms with van der Waals surface area (Å²) in [4.78, 5) is 0. The summed E-state index contributed by atoms with van der Waals surface area (Å²) >= 11 is 0. The van der Waals surface area contributed by atoms with Crippen LogP contribution in [-0.2, 0) is 0 Å². The molecule has 0 aromatic rings. The predicted octanol–water partition coefficient (Wildman–Crippen LogP) is -0.819. The second-order valence-electron chi connectivity index (χ2n) is 1.56. The van der Waals surface area contributed by atoms with Gasteiger partial charge in [-0.3, -0.25) is 0 Å². The molecule has 0 bridgehead atoms. The standard InChI is InChI=1S/C6H11.Li/c1-4-5-6(2)3;/h1-2,4-5H2,3H3;/q-1;+1. The van der Waals surface area contributed by atoms with Crippen LogP contribution in [0.5, 0.6) is 0 Å². The molecule has 0 unspecified atom stereocenters. The summed E-state index contributed by atoms with van der Waals surface area (Å²) in [6.07, 6.45) is 2.05. The van der Waals surface area contributed by atoms with Crippen molar-refractivity contribution in [2.24, 2.45) is 0 Å². The van der Waals surface area contributed by atoms with Crippen LogP contribution in [-0.4, -0.2) is 0 Å². The quantitative estimate of drug-likeness (QED) is 0.236. The Morgan fingerprint density at radius 1 is 1.71 bits per heavy atom. The van der Waals surface area contributed by atoms with Crippen molar-refractivity contribution in [2.75, 3.05) is 0 Å². The molecule has 1 heteroatoms. The normalized spacial score (nSPS) is 7.14. The number of hydrogen-bond donors (Lipinski definition) is 0. The molecule has 0 N–H and O–H groups in total. The van der Waals surface area contributed by atoms with E-state index in [0.29, 0.717) is 0 Å². The summed E-state index contributed by atoms with van der Waals surface area (Å²) in [5.41, 5.74) is 1.23. The maximum absolute atomic E-state index is 3.70. The fourth-order valence-corrected chi connectivity index (χ4v) is 0.302. The first-order valence-corrected chi connectivity index (χ1v) is 2.21. The summed E-state index contributed by atoms with van der Waals surface area (Å²) in [7, 11) is 0. The van der Waals surface area contributed by atoms with Crippen molar-refractivity contribution in [2.45, 2.75) is 19.8 Å². The monoisotopic (exact) mass is 90.1 g/mol. The molecule has 0 heterocycles. The summed E-state index contributed by atoms with van der Waals surface area (Å²) in [5.74, 6) is 0. The minimum atomic E-state index is 0. The second-order valence-corrected chi connectivity index (χ2v) is 1.56. The van der Waals surface area contributed by atoms with E-state index in [1.807, 2.05) is 6.92 Å². The van der Waals surface area contributed by atoms with Gasteiger partial charge in [-0.1, -0.05) is 12.0 Å². The zero-order valence-electron chi connectivity index (χ0n) is 5.33. The maximum atomic E-state index is 3.70. The first kappa shape index (κ1) is 10.3. The van der Waals surface area contributed by atoms with Gasteiger partial charge >= 0.3 is 18.9 Å². The van der Waals surface area contributed by atoms with Crippen LogP contribution >= 0.6 is 0 Å². The molecule has 36 valence electrons. The third kappa shape index (κ3) is 10.7. The average molecular weight is 90.1 g/mol. The third-order valence-corrected chi connectivity index (χ3v) is 0.604. The zero-order chi connectivity index (χ0) is 4.99. The van der Waals surface area contributed by atoms with E-state index >= 15 is 0 Å². The van der Waals surface area contributed by atoms with Gasteiger partial charge in [0.05, 0.1) is 0 Å². The molecule has 0 aliphatic heterocycles. The van der Waals surface area contributed by atoms with Crippen molar-refractivity contribution in [3.05, 3.63) is 19.1 Å². The van der Waals surface area contributed by atoms with E-state index < -0.39 is 0 Å². The molecule has 0 aliphatic carbocycles. The predicted molar refractivity (Wildman–Crippen MR) is 29.4 cm³/mol. The molecule has 0 saturated carbocycles. The molecule has 0 radical (unpaired) electrons. The molecule has 0 fully saturated rings. The van der Waals surface area contributed by atoms with E-state index in [1.54, 1.807) is 0 Å². The van der Waals surface area contributed by atoms with Crippen LogP contribution in [0.15, 0.2) is 12.2 Å². The van der Waals surface area contributed by atoms with Crippen LogP contribution in [0.25, 0.3) is 0 Å². The smallest absolute Gasteiger partial charge is 0.343 e. The molecule has 0 aromatic heterocycles. The van der Waals surface area contributed by atoms with Crippen LogP contribution in [0.1, 0.15) is 19.8 Å². The molecule has 0 nitrogen and oxygen atoms in total. The van der Waals surface area contributed by atoms with Crippen molar-refractivity contribution >= 4 is 0 Å². The van der Waals surface area contributed by atoms with Crippen LogP contribution in [0.3, 0.4) is 0 Å². The van der Waals surface area contributed by atoms with E-state index in [2.05, 4.69) is 13.5 Å². The molecular weight excluding hydrogens is 79.0 g/mol. The molecular formula is C6H11Li. The Kier molecular flexibility index (Phi) is 9.37. The van der Waals surface area contributed by atoms with Gasteiger partial charge in [-0.05, 0) is 6.92 Å². The average Bonchev–Trinajstić information content (AvgIpc) is 1.35. The van der Waals surface area contributed by atoms with E-state index in [9.17, 15) is 0 Å². The van der Waals surface area contributed by atoms with Crippen molar-refractivity contribution in [1.29, 1.82) is 0 Å². The van der Waals surface area contributed by atoms with Gasteiger partial charge in [-0.25, -0.2) is 0 Å². The van der Waals surface area contributed by atoms with E-state index in [0.717, 1.165) is 12.8 Å². The third-order valence-electron chi connectivity index (χ3n) is 0.604. The van der Waals surface area contributed by atoms with Gasteiger partial charge in [0.1, 0.15) is 0 Å². The second kappa shape index (κ2) is 6.34. The van der Waals surface area contributed by atoms with E-state index in [1.165, 1.54) is 5.57 Å². The van der Waals surface area contributed by atoms with Crippen molar-refractivity contribution < 1.29 is 18.9 Å². The van der Waals surface area contributed by atoms with Gasteiger partial charge in [0.2, 0.25) is 0 Å². The first-order valence-electron chi connectivity index (χ1n) is 2.21. The van der Waals surface area contributed by atoms with Crippen LogP contribution in [0, 0.1) is 6.92 Å². The van der Waals surface area contributed by atoms with Gasteiger partial charge in [-0.2, -0.15) is 6.42 Å². The summed E-state index contributed by atoms with van der Waals surface area (Å²) in [6.45, 7) is 9.39. The van der Waals surface area contributed by atoms with Crippen molar-refractivity contribution in [3.63, 3.8) is 0 Å². The minimum absolute atomic E-state index is 0. The first-order chi connectivity index (χ1) is 2.77. The van der Waals surface area contributed by atoms with Crippen LogP contribution in [0.2, 0.25) is 0 Å². The van der Waals surface area contributed by atoms with Gasteiger partial charge in [0, 0.05) is 0 Å². The minimum Gasteiger partial charge on any atom is -0.343 e. The van der Waals surface area contributed by atoms with E-state index in [4.69, 9.17) is 0 Å². The van der Waals surface area contributed by atoms with Gasteiger partial charge in [0.15, 0.2) is 0 Å². The van der Waals surface area contributed by atoms with Crippen molar-refractivity contribution in [1.82, 2.24) is 0 Å². The topological polar surface area (TPSA) is 0 Å². The van der Waals surface area contributed by atoms with E-state index in [-0.39, 0.29) is 18.9 Å². The Balaban J connectivity index is 0. The largest absolute Gasteiger partial charge is 1.00 e. The fraction of sp³-hybridized carbons (Fsp3) is 0.500. The SMILES string of the molecule is C=C(C)CC[CH2-].[Li+]. The van der Waals surface area contributed by atoms with Gasteiger partial charge in [0.25, 0.3) is 0 Å². The van der Waals surface area contributed by atoms with Crippen molar-refractivity contribution in [3.8, 4) is 0 Å². The summed E-state index contributed by atoms with van der Waals surface area (Å²) < 4.78 is 0. The Hall–Kier alpha value is 0.337. The van der Waals surface area contributed by atoms with Gasteiger partial charge < -0.3 is 6.92 Å². The Morgan fingerprint density at radius 2 is 2.14 bits per heavy atom. The Labute approximate surface area is 58.2 Å². The van der Waals surface area contributed by atoms with Crippen LogP contribution in [0.4, 0.5) is 0 Å². The molecule has 0 aromatic carbocycles. The molecule has 0 amide bonds. The zero-order valence-corrected chi connectivity index (χ0v) is 5.33. The molecule has 0 atom stereocenters.